The fraction of sp³-hybridized carbons (Fsp3) is 0.692. The predicted molar refractivity (Wildman–Crippen MR) is 74.4 cm³/mol. The average Bonchev–Trinajstić information content (AvgIpc) is 2.88. The van der Waals surface area contributed by atoms with Gasteiger partial charge in [0.15, 0.2) is 5.82 Å². The number of hydrogen-bond donors (Lipinski definition) is 2. The molecule has 6 heteroatoms. The van der Waals surface area contributed by atoms with E-state index in [2.05, 4.69) is 15.3 Å². The number of nitrogens with zero attached hydrogens (tertiary/aromatic N) is 2. The molecule has 0 saturated heterocycles. The maximum absolute atomic E-state index is 6.06. The second kappa shape index (κ2) is 6.56. The van der Waals surface area contributed by atoms with Gasteiger partial charge in [-0.1, -0.05) is 12.8 Å². The summed E-state index contributed by atoms with van der Waals surface area (Å²) in [6.07, 6.45) is 4.86. The summed E-state index contributed by atoms with van der Waals surface area (Å²) < 4.78 is 10.5. The van der Waals surface area contributed by atoms with Gasteiger partial charge in [0.2, 0.25) is 5.88 Å². The van der Waals surface area contributed by atoms with E-state index in [1.165, 1.54) is 25.7 Å². The molecule has 19 heavy (non-hydrogen) atoms. The van der Waals surface area contributed by atoms with Gasteiger partial charge in [0.25, 0.3) is 0 Å². The Morgan fingerprint density at radius 3 is 2.68 bits per heavy atom. The van der Waals surface area contributed by atoms with Crippen LogP contribution in [-0.2, 0) is 4.74 Å². The highest BCUT2D eigenvalue weighted by Crippen LogP contribution is 2.29. The van der Waals surface area contributed by atoms with Gasteiger partial charge >= 0.3 is 0 Å². The van der Waals surface area contributed by atoms with Gasteiger partial charge in [-0.15, -0.1) is 0 Å². The number of aryl methyl sites for hydroxylation is 1. The molecule has 0 amide bonds. The summed E-state index contributed by atoms with van der Waals surface area (Å²) in [5, 5.41) is 3.39. The summed E-state index contributed by atoms with van der Waals surface area (Å²) in [5.74, 6) is 1.78. The fourth-order valence-corrected chi connectivity index (χ4v) is 2.26. The molecule has 0 atom stereocenters. The van der Waals surface area contributed by atoms with E-state index >= 15 is 0 Å². The van der Waals surface area contributed by atoms with Crippen LogP contribution in [0.1, 0.15) is 31.5 Å². The van der Waals surface area contributed by atoms with Gasteiger partial charge < -0.3 is 20.5 Å². The predicted octanol–water partition coefficient (Wildman–Crippen LogP) is 1.75. The van der Waals surface area contributed by atoms with E-state index < -0.39 is 0 Å². The van der Waals surface area contributed by atoms with Crippen LogP contribution < -0.4 is 15.8 Å². The van der Waals surface area contributed by atoms with Gasteiger partial charge in [0.1, 0.15) is 18.1 Å². The third kappa shape index (κ3) is 3.70. The summed E-state index contributed by atoms with van der Waals surface area (Å²) in [6.45, 7) is 2.77. The first-order valence-electron chi connectivity index (χ1n) is 6.73. The first-order valence-corrected chi connectivity index (χ1v) is 6.73. The number of nitrogen functional groups attached to an aromatic ring is 1. The normalized spacial score (nSPS) is 15.7. The minimum Gasteiger partial charge on any atom is -0.474 e. The van der Waals surface area contributed by atoms with Crippen LogP contribution in [0.25, 0.3) is 0 Å². The number of hydrogen-bond acceptors (Lipinski definition) is 6. The van der Waals surface area contributed by atoms with E-state index in [0.717, 1.165) is 0 Å². The van der Waals surface area contributed by atoms with E-state index in [4.69, 9.17) is 15.2 Å². The van der Waals surface area contributed by atoms with E-state index in [-0.39, 0.29) is 0 Å². The highest BCUT2D eigenvalue weighted by molar-refractivity contribution is 5.67. The average molecular weight is 266 g/mol. The van der Waals surface area contributed by atoms with Crippen molar-refractivity contribution in [2.75, 3.05) is 31.4 Å². The van der Waals surface area contributed by atoms with Crippen LogP contribution in [0.5, 0.6) is 5.88 Å². The largest absolute Gasteiger partial charge is 0.474 e. The van der Waals surface area contributed by atoms with Gasteiger partial charge in [-0.25, -0.2) is 4.98 Å². The molecule has 1 aliphatic rings. The lowest BCUT2D eigenvalue weighted by molar-refractivity contribution is 0.144. The SMILES string of the molecule is COCCOc1nc(C)nc(NC2CCCC2)c1N. The molecule has 0 radical (unpaired) electrons. The number of anilines is 2. The van der Waals surface area contributed by atoms with Crippen molar-refractivity contribution in [3.05, 3.63) is 5.82 Å². The molecule has 0 bridgehead atoms. The van der Waals surface area contributed by atoms with Gasteiger partial charge in [-0.3, -0.25) is 0 Å². The first kappa shape index (κ1) is 13.9. The van der Waals surface area contributed by atoms with Crippen LogP contribution in [0, 0.1) is 6.92 Å². The minimum absolute atomic E-state index is 0.431. The fourth-order valence-electron chi connectivity index (χ4n) is 2.26. The standard InChI is InChI=1S/C13H22N4O2/c1-9-15-12(17-10-5-3-4-6-10)11(14)13(16-9)19-8-7-18-2/h10H,3-8,14H2,1-2H3,(H,15,16,17). The molecule has 1 fully saturated rings. The summed E-state index contributed by atoms with van der Waals surface area (Å²) in [7, 11) is 1.63. The number of aromatic nitrogens is 2. The van der Waals surface area contributed by atoms with Crippen molar-refractivity contribution < 1.29 is 9.47 Å². The second-order valence-electron chi connectivity index (χ2n) is 4.81. The van der Waals surface area contributed by atoms with Crippen molar-refractivity contribution in [3.63, 3.8) is 0 Å². The number of rotatable bonds is 6. The van der Waals surface area contributed by atoms with E-state index in [0.29, 0.717) is 42.5 Å². The molecule has 6 nitrogen and oxygen atoms in total. The second-order valence-corrected chi connectivity index (χ2v) is 4.81. The Morgan fingerprint density at radius 2 is 2.00 bits per heavy atom. The smallest absolute Gasteiger partial charge is 0.242 e. The molecule has 0 unspecified atom stereocenters. The molecule has 1 saturated carbocycles. The Bertz CT molecular complexity index is 419. The minimum atomic E-state index is 0.431. The zero-order valence-electron chi connectivity index (χ0n) is 11.6. The molecule has 1 aromatic heterocycles. The summed E-state index contributed by atoms with van der Waals surface area (Å²) in [4.78, 5) is 8.59. The molecule has 0 spiro atoms. The summed E-state index contributed by atoms with van der Waals surface area (Å²) in [6, 6.07) is 0.462. The molecule has 3 N–H and O–H groups in total. The highest BCUT2D eigenvalue weighted by Gasteiger charge is 2.18. The van der Waals surface area contributed by atoms with Gasteiger partial charge in [-0.2, -0.15) is 4.98 Å². The van der Waals surface area contributed by atoms with Crippen LogP contribution in [0.15, 0.2) is 0 Å². The van der Waals surface area contributed by atoms with Gasteiger partial charge in [0.05, 0.1) is 6.61 Å². The number of methoxy groups -OCH3 is 1. The summed E-state index contributed by atoms with van der Waals surface area (Å²) in [5.41, 5.74) is 6.54. The molecule has 106 valence electrons. The highest BCUT2D eigenvalue weighted by atomic mass is 16.5. The van der Waals surface area contributed by atoms with E-state index in [9.17, 15) is 0 Å². The zero-order valence-corrected chi connectivity index (χ0v) is 11.6. The Hall–Kier alpha value is -1.56. The van der Waals surface area contributed by atoms with Crippen molar-refractivity contribution >= 4 is 11.5 Å². The van der Waals surface area contributed by atoms with Gasteiger partial charge in [0, 0.05) is 13.2 Å². The van der Waals surface area contributed by atoms with E-state index in [1.807, 2.05) is 6.92 Å². The van der Waals surface area contributed by atoms with Crippen LogP contribution >= 0.6 is 0 Å². The quantitative estimate of drug-likeness (QED) is 0.763. The van der Waals surface area contributed by atoms with Crippen molar-refractivity contribution in [2.45, 2.75) is 38.6 Å². The van der Waals surface area contributed by atoms with Crippen molar-refractivity contribution in [2.24, 2.45) is 0 Å². The number of ether oxygens (including phenoxy) is 2. The molecule has 1 heterocycles. The Kier molecular flexibility index (Phi) is 4.79. The molecular weight excluding hydrogens is 244 g/mol. The Balaban J connectivity index is 2.08. The molecule has 1 aromatic rings. The number of nitrogens with two attached hydrogens (primary N) is 1. The maximum atomic E-state index is 6.06. The van der Waals surface area contributed by atoms with E-state index in [1.54, 1.807) is 7.11 Å². The third-order valence-corrected chi connectivity index (χ3v) is 3.24. The van der Waals surface area contributed by atoms with Crippen molar-refractivity contribution in [3.8, 4) is 5.88 Å². The first-order chi connectivity index (χ1) is 9.20. The van der Waals surface area contributed by atoms with Crippen LogP contribution in [-0.4, -0.2) is 36.3 Å². The lowest BCUT2D eigenvalue weighted by Gasteiger charge is -2.16. The third-order valence-electron chi connectivity index (χ3n) is 3.24. The Labute approximate surface area is 113 Å². The maximum Gasteiger partial charge on any atom is 0.242 e. The number of nitrogens with one attached hydrogen (secondary N) is 1. The lowest BCUT2D eigenvalue weighted by Crippen LogP contribution is -2.18. The lowest BCUT2D eigenvalue weighted by atomic mass is 10.2. The molecule has 1 aliphatic carbocycles. The van der Waals surface area contributed by atoms with Crippen molar-refractivity contribution in [1.82, 2.24) is 9.97 Å². The topological polar surface area (TPSA) is 82.3 Å². The monoisotopic (exact) mass is 266 g/mol. The van der Waals surface area contributed by atoms with Crippen molar-refractivity contribution in [1.29, 1.82) is 0 Å². The zero-order chi connectivity index (χ0) is 13.7. The Morgan fingerprint density at radius 1 is 1.26 bits per heavy atom. The molecule has 2 rings (SSSR count). The molecule has 0 aliphatic heterocycles. The van der Waals surface area contributed by atoms with Crippen LogP contribution in [0.4, 0.5) is 11.5 Å². The van der Waals surface area contributed by atoms with Crippen LogP contribution in [0.3, 0.4) is 0 Å². The molecular formula is C13H22N4O2. The molecule has 0 aromatic carbocycles. The van der Waals surface area contributed by atoms with Gasteiger partial charge in [-0.05, 0) is 19.8 Å². The van der Waals surface area contributed by atoms with Crippen LogP contribution in [0.2, 0.25) is 0 Å². The summed E-state index contributed by atoms with van der Waals surface area (Å²) >= 11 is 0.